The first-order valence-electron chi connectivity index (χ1n) is 7.19. The van der Waals surface area contributed by atoms with Crippen LogP contribution in [0.2, 0.25) is 5.02 Å². The zero-order valence-electron chi connectivity index (χ0n) is 11.9. The van der Waals surface area contributed by atoms with E-state index < -0.39 is 0 Å². The average molecular weight is 282 g/mol. The first-order valence-corrected chi connectivity index (χ1v) is 7.57. The molecule has 1 fully saturated rings. The quantitative estimate of drug-likeness (QED) is 0.781. The molecule has 0 spiro atoms. The number of benzene rings is 1. The number of nitrogens with one attached hydrogen (secondary N) is 1. The first-order chi connectivity index (χ1) is 9.22. The van der Waals surface area contributed by atoms with E-state index in [-0.39, 0.29) is 0 Å². The summed E-state index contributed by atoms with van der Waals surface area (Å²) in [7, 11) is 1.76. The lowest BCUT2D eigenvalue weighted by Crippen LogP contribution is -2.28. The van der Waals surface area contributed by atoms with Crippen molar-refractivity contribution in [2.75, 3.05) is 20.3 Å². The molecule has 2 nitrogen and oxygen atoms in total. The molecular formula is C16H24ClNO. The summed E-state index contributed by atoms with van der Waals surface area (Å²) in [6.07, 6.45) is 3.71. The van der Waals surface area contributed by atoms with Gasteiger partial charge >= 0.3 is 0 Å². The zero-order chi connectivity index (χ0) is 13.7. The van der Waals surface area contributed by atoms with Crippen molar-refractivity contribution in [1.29, 1.82) is 0 Å². The molecule has 2 unspecified atom stereocenters. The minimum absolute atomic E-state index is 0.462. The fourth-order valence-electron chi connectivity index (χ4n) is 2.48. The van der Waals surface area contributed by atoms with Crippen LogP contribution in [0.3, 0.4) is 0 Å². The predicted octanol–water partition coefficient (Wildman–Crippen LogP) is 3.85. The van der Waals surface area contributed by atoms with Crippen LogP contribution in [0, 0.1) is 5.92 Å². The standard InChI is InChI=1S/C16H24ClNO/c1-12(9-10-19-2)15(11-18-13-7-8-13)14-5-3-4-6-16(14)17/h3-6,12-13,15,18H,7-11H2,1-2H3. The molecule has 1 aromatic carbocycles. The van der Waals surface area contributed by atoms with Crippen LogP contribution >= 0.6 is 11.6 Å². The van der Waals surface area contributed by atoms with Crippen LogP contribution < -0.4 is 5.32 Å². The molecule has 106 valence electrons. The molecule has 1 N–H and O–H groups in total. The molecule has 1 aliphatic rings. The summed E-state index contributed by atoms with van der Waals surface area (Å²) in [5, 5.41) is 4.52. The van der Waals surface area contributed by atoms with Gasteiger partial charge in [0.15, 0.2) is 0 Å². The molecule has 0 aromatic heterocycles. The Kier molecular flexibility index (Phi) is 5.68. The van der Waals surface area contributed by atoms with Crippen molar-refractivity contribution in [2.45, 2.75) is 38.1 Å². The third-order valence-electron chi connectivity index (χ3n) is 3.97. The van der Waals surface area contributed by atoms with E-state index in [2.05, 4.69) is 24.4 Å². The molecular weight excluding hydrogens is 258 g/mol. The molecule has 1 aliphatic carbocycles. The summed E-state index contributed by atoms with van der Waals surface area (Å²) in [5.74, 6) is 1.02. The summed E-state index contributed by atoms with van der Waals surface area (Å²) in [6.45, 7) is 4.12. The van der Waals surface area contributed by atoms with E-state index in [0.29, 0.717) is 11.8 Å². The molecule has 1 aromatic rings. The van der Waals surface area contributed by atoms with E-state index in [9.17, 15) is 0 Å². The van der Waals surface area contributed by atoms with Crippen LogP contribution in [-0.4, -0.2) is 26.3 Å². The second-order valence-corrected chi connectivity index (χ2v) is 5.98. The Bertz CT molecular complexity index is 392. The molecule has 1 saturated carbocycles. The van der Waals surface area contributed by atoms with E-state index in [4.69, 9.17) is 16.3 Å². The normalized spacial score (nSPS) is 18.3. The van der Waals surface area contributed by atoms with Gasteiger partial charge in [-0.05, 0) is 36.8 Å². The van der Waals surface area contributed by atoms with Crippen LogP contribution in [0.5, 0.6) is 0 Å². The third kappa shape index (κ3) is 4.48. The van der Waals surface area contributed by atoms with E-state index in [1.54, 1.807) is 7.11 Å². The Labute approximate surface area is 121 Å². The second kappa shape index (κ2) is 7.28. The van der Waals surface area contributed by atoms with Gasteiger partial charge in [0.2, 0.25) is 0 Å². The van der Waals surface area contributed by atoms with Crippen molar-refractivity contribution in [1.82, 2.24) is 5.32 Å². The molecule has 0 bridgehead atoms. The number of ether oxygens (including phenoxy) is 1. The number of halogens is 1. The van der Waals surface area contributed by atoms with Gasteiger partial charge < -0.3 is 10.1 Å². The number of hydrogen-bond acceptors (Lipinski definition) is 2. The minimum Gasteiger partial charge on any atom is -0.385 e. The maximum absolute atomic E-state index is 6.37. The Morgan fingerprint density at radius 2 is 2.11 bits per heavy atom. The van der Waals surface area contributed by atoms with E-state index in [1.807, 2.05) is 12.1 Å². The lowest BCUT2D eigenvalue weighted by Gasteiger charge is -2.25. The van der Waals surface area contributed by atoms with Crippen LogP contribution in [0.25, 0.3) is 0 Å². The third-order valence-corrected chi connectivity index (χ3v) is 4.32. The molecule has 3 heteroatoms. The van der Waals surface area contributed by atoms with Crippen molar-refractivity contribution in [3.63, 3.8) is 0 Å². The monoisotopic (exact) mass is 281 g/mol. The van der Waals surface area contributed by atoms with Crippen molar-refractivity contribution < 1.29 is 4.74 Å². The molecule has 0 amide bonds. The molecule has 0 aliphatic heterocycles. The van der Waals surface area contributed by atoms with Gasteiger partial charge in [-0.3, -0.25) is 0 Å². The minimum atomic E-state index is 0.462. The van der Waals surface area contributed by atoms with Crippen LogP contribution in [0.15, 0.2) is 24.3 Å². The van der Waals surface area contributed by atoms with E-state index >= 15 is 0 Å². The number of methoxy groups -OCH3 is 1. The van der Waals surface area contributed by atoms with Gasteiger partial charge in [0, 0.05) is 37.2 Å². The lowest BCUT2D eigenvalue weighted by molar-refractivity contribution is 0.173. The van der Waals surface area contributed by atoms with Crippen LogP contribution in [0.4, 0.5) is 0 Å². The number of rotatable bonds is 8. The highest BCUT2D eigenvalue weighted by atomic mass is 35.5. The second-order valence-electron chi connectivity index (χ2n) is 5.57. The highest BCUT2D eigenvalue weighted by Gasteiger charge is 2.26. The summed E-state index contributed by atoms with van der Waals surface area (Å²) >= 11 is 6.37. The summed E-state index contributed by atoms with van der Waals surface area (Å²) in [6, 6.07) is 8.96. The van der Waals surface area contributed by atoms with Gasteiger partial charge in [-0.1, -0.05) is 36.7 Å². The predicted molar refractivity (Wildman–Crippen MR) is 80.9 cm³/mol. The van der Waals surface area contributed by atoms with Crippen molar-refractivity contribution in [2.24, 2.45) is 5.92 Å². The molecule has 0 saturated heterocycles. The highest BCUT2D eigenvalue weighted by Crippen LogP contribution is 2.32. The maximum atomic E-state index is 6.37. The van der Waals surface area contributed by atoms with Gasteiger partial charge in [0.25, 0.3) is 0 Å². The lowest BCUT2D eigenvalue weighted by atomic mass is 9.85. The molecule has 19 heavy (non-hydrogen) atoms. The Morgan fingerprint density at radius 1 is 1.37 bits per heavy atom. The molecule has 2 atom stereocenters. The fraction of sp³-hybridized carbons (Fsp3) is 0.625. The van der Waals surface area contributed by atoms with Gasteiger partial charge in [-0.15, -0.1) is 0 Å². The molecule has 0 radical (unpaired) electrons. The smallest absolute Gasteiger partial charge is 0.0465 e. The summed E-state index contributed by atoms with van der Waals surface area (Å²) in [4.78, 5) is 0. The van der Waals surface area contributed by atoms with Crippen molar-refractivity contribution in [3.05, 3.63) is 34.9 Å². The van der Waals surface area contributed by atoms with E-state index in [0.717, 1.165) is 30.6 Å². The average Bonchev–Trinajstić information content (AvgIpc) is 3.22. The maximum Gasteiger partial charge on any atom is 0.0465 e. The van der Waals surface area contributed by atoms with Gasteiger partial charge in [-0.2, -0.15) is 0 Å². The molecule has 0 heterocycles. The first kappa shape index (κ1) is 14.8. The Hall–Kier alpha value is -0.570. The number of hydrogen-bond donors (Lipinski definition) is 1. The Morgan fingerprint density at radius 3 is 2.74 bits per heavy atom. The van der Waals surface area contributed by atoms with Crippen molar-refractivity contribution >= 4 is 11.6 Å². The topological polar surface area (TPSA) is 21.3 Å². The van der Waals surface area contributed by atoms with E-state index in [1.165, 1.54) is 18.4 Å². The van der Waals surface area contributed by atoms with Crippen molar-refractivity contribution in [3.8, 4) is 0 Å². The largest absolute Gasteiger partial charge is 0.385 e. The summed E-state index contributed by atoms with van der Waals surface area (Å²) in [5.41, 5.74) is 1.26. The fourth-order valence-corrected chi connectivity index (χ4v) is 2.76. The SMILES string of the molecule is COCCC(C)C(CNC1CC1)c1ccccc1Cl. The van der Waals surface area contributed by atoms with Crippen LogP contribution in [-0.2, 0) is 4.74 Å². The molecule has 2 rings (SSSR count). The van der Waals surface area contributed by atoms with Gasteiger partial charge in [0.1, 0.15) is 0 Å². The van der Waals surface area contributed by atoms with Gasteiger partial charge in [-0.25, -0.2) is 0 Å². The summed E-state index contributed by atoms with van der Waals surface area (Å²) < 4.78 is 5.21. The highest BCUT2D eigenvalue weighted by molar-refractivity contribution is 6.31. The Balaban J connectivity index is 2.05. The van der Waals surface area contributed by atoms with Crippen LogP contribution in [0.1, 0.15) is 37.7 Å². The zero-order valence-corrected chi connectivity index (χ0v) is 12.6. The van der Waals surface area contributed by atoms with Gasteiger partial charge in [0.05, 0.1) is 0 Å².